The maximum Gasteiger partial charge on any atom is 0.340 e. The molecule has 1 aromatic heterocycles. The van der Waals surface area contributed by atoms with Gasteiger partial charge >= 0.3 is 5.97 Å². The molecule has 0 saturated carbocycles. The number of hydrogen-bond donors (Lipinski definition) is 1. The van der Waals surface area contributed by atoms with Crippen LogP contribution < -0.4 is 0 Å². The van der Waals surface area contributed by atoms with Crippen molar-refractivity contribution in [3.05, 3.63) is 41.6 Å². The van der Waals surface area contributed by atoms with Crippen LogP contribution in [0.2, 0.25) is 0 Å². The Hall–Kier alpha value is -2.53. The molecular weight excluding hydrogens is 294 g/mol. The Bertz CT molecular complexity index is 895. The highest BCUT2D eigenvalue weighted by Crippen LogP contribution is 2.37. The summed E-state index contributed by atoms with van der Waals surface area (Å²) in [6.45, 7) is 3.03. The fraction of sp³-hybridized carbons (Fsp3) is 0.278. The van der Waals surface area contributed by atoms with E-state index in [4.69, 9.17) is 9.47 Å². The van der Waals surface area contributed by atoms with Gasteiger partial charge in [-0.15, -0.1) is 0 Å². The molecule has 0 spiro atoms. The monoisotopic (exact) mass is 313 g/mol. The Kier molecular flexibility index (Phi) is 3.96. The maximum absolute atomic E-state index is 12.2. The number of carbonyl (C=O) groups is 1. The van der Waals surface area contributed by atoms with Crippen molar-refractivity contribution in [3.63, 3.8) is 0 Å². The van der Waals surface area contributed by atoms with Gasteiger partial charge in [0.25, 0.3) is 0 Å². The third-order valence-corrected chi connectivity index (χ3v) is 4.21. The predicted octanol–water partition coefficient (Wildman–Crippen LogP) is 3.24. The molecule has 5 heteroatoms. The van der Waals surface area contributed by atoms with Crippen LogP contribution >= 0.6 is 0 Å². The largest absolute Gasteiger partial charge is 0.507 e. The first kappa shape index (κ1) is 15.4. The van der Waals surface area contributed by atoms with Gasteiger partial charge in [-0.1, -0.05) is 24.3 Å². The van der Waals surface area contributed by atoms with Gasteiger partial charge in [0, 0.05) is 35.5 Å². The second kappa shape index (κ2) is 5.93. The van der Waals surface area contributed by atoms with Crippen molar-refractivity contribution in [1.29, 1.82) is 0 Å². The maximum atomic E-state index is 12.2. The van der Waals surface area contributed by atoms with E-state index in [2.05, 4.69) is 0 Å². The molecule has 0 aliphatic heterocycles. The molecule has 0 atom stereocenters. The van der Waals surface area contributed by atoms with Crippen LogP contribution in [-0.4, -0.2) is 36.5 Å². The molecule has 1 N–H and O–H groups in total. The Balaban J connectivity index is 2.46. The summed E-state index contributed by atoms with van der Waals surface area (Å²) in [5, 5.41) is 12.7. The lowest BCUT2D eigenvalue weighted by molar-refractivity contribution is 0.0601. The number of ether oxygens (including phenoxy) is 2. The quantitative estimate of drug-likeness (QED) is 0.751. The van der Waals surface area contributed by atoms with Crippen LogP contribution in [0.15, 0.2) is 30.3 Å². The molecule has 5 nitrogen and oxygen atoms in total. The van der Waals surface area contributed by atoms with Crippen LogP contribution in [-0.2, 0) is 16.0 Å². The molecule has 0 radical (unpaired) electrons. The van der Waals surface area contributed by atoms with Gasteiger partial charge in [-0.3, -0.25) is 0 Å². The van der Waals surface area contributed by atoms with Crippen LogP contribution in [0.1, 0.15) is 16.1 Å². The number of aromatic nitrogens is 1. The Morgan fingerprint density at radius 1 is 1.17 bits per heavy atom. The molecular formula is C18H19NO4. The van der Waals surface area contributed by atoms with Crippen LogP contribution in [0.25, 0.3) is 21.7 Å². The Morgan fingerprint density at radius 3 is 2.52 bits per heavy atom. The van der Waals surface area contributed by atoms with E-state index >= 15 is 0 Å². The molecule has 0 aliphatic rings. The number of carbonyl (C=O) groups excluding carboxylic acids is 1. The van der Waals surface area contributed by atoms with Crippen LogP contribution in [0.3, 0.4) is 0 Å². The summed E-state index contributed by atoms with van der Waals surface area (Å²) in [4.78, 5) is 12.2. The van der Waals surface area contributed by atoms with Crippen molar-refractivity contribution in [2.24, 2.45) is 0 Å². The molecule has 2 aromatic carbocycles. The molecule has 3 aromatic rings. The zero-order chi connectivity index (χ0) is 16.6. The zero-order valence-corrected chi connectivity index (χ0v) is 13.4. The average Bonchev–Trinajstić information content (AvgIpc) is 2.84. The predicted molar refractivity (Wildman–Crippen MR) is 89.1 cm³/mol. The van der Waals surface area contributed by atoms with E-state index in [1.807, 2.05) is 35.8 Å². The normalized spacial score (nSPS) is 11.3. The topological polar surface area (TPSA) is 60.7 Å². The molecule has 0 unspecified atom stereocenters. The summed E-state index contributed by atoms with van der Waals surface area (Å²) in [7, 11) is 3.01. The van der Waals surface area contributed by atoms with Crippen LogP contribution in [0.4, 0.5) is 0 Å². The number of phenolic OH excluding ortho intramolecular Hbond substituents is 1. The van der Waals surface area contributed by atoms with Crippen molar-refractivity contribution in [1.82, 2.24) is 4.57 Å². The fourth-order valence-corrected chi connectivity index (χ4v) is 3.14. The second-order valence-electron chi connectivity index (χ2n) is 5.43. The summed E-state index contributed by atoms with van der Waals surface area (Å²) < 4.78 is 12.2. The lowest BCUT2D eigenvalue weighted by Gasteiger charge is -2.10. The Labute approximate surface area is 134 Å². The molecule has 0 bridgehead atoms. The van der Waals surface area contributed by atoms with E-state index in [0.29, 0.717) is 24.1 Å². The van der Waals surface area contributed by atoms with Crippen molar-refractivity contribution in [2.75, 3.05) is 20.8 Å². The minimum atomic E-state index is -0.404. The minimum absolute atomic E-state index is 0.155. The van der Waals surface area contributed by atoms with E-state index in [1.54, 1.807) is 13.2 Å². The van der Waals surface area contributed by atoms with Gasteiger partial charge in [0.15, 0.2) is 0 Å². The lowest BCUT2D eigenvalue weighted by Crippen LogP contribution is -2.08. The SMILES string of the molecule is COCCn1c(C)c(C(=O)OC)c2cc(O)c3ccccc3c21. The Morgan fingerprint density at radius 2 is 1.87 bits per heavy atom. The highest BCUT2D eigenvalue weighted by Gasteiger charge is 2.23. The third kappa shape index (κ3) is 2.33. The average molecular weight is 313 g/mol. The van der Waals surface area contributed by atoms with E-state index in [1.165, 1.54) is 7.11 Å². The summed E-state index contributed by atoms with van der Waals surface area (Å²) in [6, 6.07) is 9.25. The molecule has 0 saturated heterocycles. The number of hydrogen-bond acceptors (Lipinski definition) is 4. The second-order valence-corrected chi connectivity index (χ2v) is 5.43. The van der Waals surface area contributed by atoms with E-state index in [9.17, 15) is 9.90 Å². The van der Waals surface area contributed by atoms with Crippen molar-refractivity contribution in [2.45, 2.75) is 13.5 Å². The molecule has 0 aliphatic carbocycles. The van der Waals surface area contributed by atoms with Gasteiger partial charge in [0.1, 0.15) is 5.75 Å². The summed E-state index contributed by atoms with van der Waals surface area (Å²) in [5.41, 5.74) is 2.20. The number of phenols is 1. The standard InChI is InChI=1S/C18H19NO4/c1-11-16(18(21)23-3)14-10-15(20)12-6-4-5-7-13(12)17(14)19(11)8-9-22-2/h4-7,10,20H,8-9H2,1-3H3. The van der Waals surface area contributed by atoms with E-state index in [-0.39, 0.29) is 5.75 Å². The van der Waals surface area contributed by atoms with Crippen molar-refractivity contribution >= 4 is 27.6 Å². The lowest BCUT2D eigenvalue weighted by atomic mass is 10.0. The highest BCUT2D eigenvalue weighted by atomic mass is 16.5. The molecule has 120 valence electrons. The van der Waals surface area contributed by atoms with Crippen LogP contribution in [0.5, 0.6) is 5.75 Å². The van der Waals surface area contributed by atoms with Gasteiger partial charge in [0.05, 0.1) is 24.8 Å². The summed E-state index contributed by atoms with van der Waals surface area (Å²) in [6.07, 6.45) is 0. The molecule has 1 heterocycles. The van der Waals surface area contributed by atoms with E-state index in [0.717, 1.165) is 22.0 Å². The molecule has 0 amide bonds. The number of methoxy groups -OCH3 is 2. The van der Waals surface area contributed by atoms with Gasteiger partial charge in [-0.25, -0.2) is 4.79 Å². The number of esters is 1. The first-order chi connectivity index (χ1) is 11.1. The summed E-state index contributed by atoms with van der Waals surface area (Å²) >= 11 is 0. The zero-order valence-electron chi connectivity index (χ0n) is 13.4. The first-order valence-electron chi connectivity index (χ1n) is 7.41. The number of fused-ring (bicyclic) bond motifs is 3. The number of aromatic hydroxyl groups is 1. The fourth-order valence-electron chi connectivity index (χ4n) is 3.14. The molecule has 23 heavy (non-hydrogen) atoms. The van der Waals surface area contributed by atoms with Crippen molar-refractivity contribution in [3.8, 4) is 5.75 Å². The van der Waals surface area contributed by atoms with Crippen LogP contribution in [0, 0.1) is 6.92 Å². The molecule has 3 rings (SSSR count). The highest BCUT2D eigenvalue weighted by molar-refractivity contribution is 6.16. The third-order valence-electron chi connectivity index (χ3n) is 4.21. The van der Waals surface area contributed by atoms with Gasteiger partial charge in [-0.05, 0) is 13.0 Å². The molecule has 0 fully saturated rings. The minimum Gasteiger partial charge on any atom is -0.507 e. The number of rotatable bonds is 4. The first-order valence-corrected chi connectivity index (χ1v) is 7.41. The van der Waals surface area contributed by atoms with Gasteiger partial charge in [0.2, 0.25) is 0 Å². The summed E-state index contributed by atoms with van der Waals surface area (Å²) in [5.74, 6) is -0.250. The smallest absolute Gasteiger partial charge is 0.340 e. The number of benzene rings is 2. The number of nitrogens with zero attached hydrogens (tertiary/aromatic N) is 1. The van der Waals surface area contributed by atoms with Gasteiger partial charge in [-0.2, -0.15) is 0 Å². The van der Waals surface area contributed by atoms with Gasteiger partial charge < -0.3 is 19.1 Å². The van der Waals surface area contributed by atoms with E-state index < -0.39 is 5.97 Å². The van der Waals surface area contributed by atoms with Crippen molar-refractivity contribution < 1.29 is 19.4 Å².